The van der Waals surface area contributed by atoms with E-state index in [1.54, 1.807) is 48.5 Å². The van der Waals surface area contributed by atoms with Crippen molar-refractivity contribution in [1.82, 2.24) is 10.6 Å². The number of anilines is 2. The molecule has 4 aromatic carbocycles. The minimum atomic E-state index is -4.59. The molecule has 4 aromatic rings. The molecule has 0 aromatic heterocycles. The fraction of sp³-hybridized carbons (Fsp3) is 0.206. The molecule has 16 heteroatoms. The van der Waals surface area contributed by atoms with Gasteiger partial charge in [0.25, 0.3) is 11.8 Å². The maximum atomic E-state index is 12.7. The van der Waals surface area contributed by atoms with Gasteiger partial charge in [-0.3, -0.25) is 9.59 Å². The summed E-state index contributed by atoms with van der Waals surface area (Å²) >= 11 is 0. The molecule has 0 aliphatic heterocycles. The monoisotopic (exact) mass is 722 g/mol. The second-order valence-electron chi connectivity index (χ2n) is 11.2. The van der Waals surface area contributed by atoms with Gasteiger partial charge in [-0.1, -0.05) is 36.4 Å². The minimum Gasteiger partial charge on any atom is -0.744 e. The molecule has 0 aliphatic rings. The lowest BCUT2D eigenvalue weighted by Gasteiger charge is -2.15. The lowest BCUT2D eigenvalue weighted by Crippen LogP contribution is -2.40. The second kappa shape index (κ2) is 16.9. The number of aliphatic carboxylic acids is 1. The van der Waals surface area contributed by atoms with Crippen molar-refractivity contribution in [2.75, 3.05) is 17.2 Å². The Balaban J connectivity index is 1.17. The number of carbonyl (C=O) groups excluding carboxylic acids is 2. The molecule has 0 bridgehead atoms. The summed E-state index contributed by atoms with van der Waals surface area (Å²) in [6.45, 7) is 0.888. The Morgan fingerprint density at radius 1 is 0.640 bits per heavy atom. The predicted octanol–water partition coefficient (Wildman–Crippen LogP) is 3.50. The first-order valence-electron chi connectivity index (χ1n) is 15.3. The van der Waals surface area contributed by atoms with Crippen molar-refractivity contribution in [3.8, 4) is 0 Å². The van der Waals surface area contributed by atoms with Crippen molar-refractivity contribution in [2.45, 2.75) is 48.2 Å². The topological polar surface area (TPSA) is 234 Å². The molecule has 0 radical (unpaired) electrons. The highest BCUT2D eigenvalue weighted by atomic mass is 32.2. The smallest absolute Gasteiger partial charge is 0.326 e. The number of hydrogen-bond acceptors (Lipinski definition) is 11. The summed E-state index contributed by atoms with van der Waals surface area (Å²) in [5.74, 6) is -2.08. The van der Waals surface area contributed by atoms with Crippen molar-refractivity contribution in [3.05, 3.63) is 119 Å². The van der Waals surface area contributed by atoms with Gasteiger partial charge in [-0.15, -0.1) is 0 Å². The normalized spacial score (nSPS) is 12.0. The van der Waals surface area contributed by atoms with Crippen LogP contribution in [0.5, 0.6) is 0 Å². The van der Waals surface area contributed by atoms with Gasteiger partial charge in [-0.2, -0.15) is 0 Å². The number of carboxylic acids is 1. The zero-order valence-corrected chi connectivity index (χ0v) is 28.1. The Hall–Kier alpha value is -5.29. The summed E-state index contributed by atoms with van der Waals surface area (Å²) < 4.78 is 67.3. The first-order chi connectivity index (χ1) is 23.7. The summed E-state index contributed by atoms with van der Waals surface area (Å²) in [4.78, 5) is 36.4. The number of carbonyl (C=O) groups is 3. The van der Waals surface area contributed by atoms with Crippen LogP contribution in [-0.2, 0) is 38.1 Å². The van der Waals surface area contributed by atoms with Gasteiger partial charge in [0.1, 0.15) is 26.3 Å². The van der Waals surface area contributed by atoms with Crippen LogP contribution in [-0.4, -0.2) is 61.4 Å². The number of rotatable bonds is 17. The van der Waals surface area contributed by atoms with Crippen molar-refractivity contribution >= 4 is 49.4 Å². The molecule has 264 valence electrons. The molecule has 0 saturated carbocycles. The molecule has 1 unspecified atom stereocenters. The van der Waals surface area contributed by atoms with Gasteiger partial charge < -0.3 is 35.5 Å². The minimum absolute atomic E-state index is 0.141. The fourth-order valence-electron chi connectivity index (χ4n) is 4.76. The van der Waals surface area contributed by atoms with Gasteiger partial charge in [-0.25, -0.2) is 21.6 Å². The molecule has 1 atom stereocenters. The van der Waals surface area contributed by atoms with E-state index < -0.39 is 38.2 Å². The summed E-state index contributed by atoms with van der Waals surface area (Å²) in [5.41, 5.74) is 3.11. The average Bonchev–Trinajstić information content (AvgIpc) is 3.09. The third-order valence-corrected chi connectivity index (χ3v) is 9.14. The standard InChI is InChI=1S/C34H36N4O10S2/c39-32(25-14-10-23(11-15-25)21-36-27-5-3-7-29(19-27)49(43,44)45)35-18-2-1-9-31(34(41)42)38-33(40)26-16-12-24(13-17-26)22-37-28-6-4-8-30(20-28)50(46,47)48/h3-8,10-17,19-20,31,36-37H,1-2,9,18,21-22H2,(H,35,39)(H,38,40)(H,41,42)(H,43,44,45)(H,46,47,48)/p-2. The predicted molar refractivity (Wildman–Crippen MR) is 181 cm³/mol. The van der Waals surface area contributed by atoms with Gasteiger partial charge in [0.05, 0.1) is 9.79 Å². The van der Waals surface area contributed by atoms with Gasteiger partial charge in [0, 0.05) is 42.1 Å². The SMILES string of the molecule is O=C(NCCCCC(NC(=O)c1ccc(CNc2cccc(S(=O)(=O)[O-])c2)cc1)C(=O)O)c1ccc(CNc2cccc(S(=O)(=O)[O-])c2)cc1. The Kier molecular flexibility index (Phi) is 12.7. The molecule has 5 N–H and O–H groups in total. The number of benzene rings is 4. The van der Waals surface area contributed by atoms with E-state index in [1.807, 2.05) is 0 Å². The van der Waals surface area contributed by atoms with Crippen molar-refractivity contribution < 1.29 is 45.4 Å². The van der Waals surface area contributed by atoms with Crippen molar-refractivity contribution in [2.24, 2.45) is 0 Å². The fourth-order valence-corrected chi connectivity index (χ4v) is 5.79. The molecule has 50 heavy (non-hydrogen) atoms. The first-order valence-corrected chi connectivity index (χ1v) is 18.1. The van der Waals surface area contributed by atoms with Crippen LogP contribution in [0.25, 0.3) is 0 Å². The lowest BCUT2D eigenvalue weighted by atomic mass is 10.1. The Morgan fingerprint density at radius 2 is 1.10 bits per heavy atom. The van der Waals surface area contributed by atoms with Crippen LogP contribution < -0.4 is 21.3 Å². The Morgan fingerprint density at radius 3 is 1.54 bits per heavy atom. The molecule has 0 saturated heterocycles. The quantitative estimate of drug-likeness (QED) is 0.0778. The van der Waals surface area contributed by atoms with E-state index in [1.165, 1.54) is 48.5 Å². The van der Waals surface area contributed by atoms with E-state index in [4.69, 9.17) is 0 Å². The average molecular weight is 723 g/mol. The number of hydrogen-bond donors (Lipinski definition) is 5. The van der Waals surface area contributed by atoms with Gasteiger partial charge in [0.15, 0.2) is 0 Å². The largest absolute Gasteiger partial charge is 0.744 e. The van der Waals surface area contributed by atoms with Gasteiger partial charge in [0.2, 0.25) is 0 Å². The summed E-state index contributed by atoms with van der Waals surface area (Å²) in [6, 6.07) is 23.0. The van der Waals surface area contributed by atoms with E-state index in [0.717, 1.165) is 11.1 Å². The summed E-state index contributed by atoms with van der Waals surface area (Å²) in [7, 11) is -9.15. The second-order valence-corrected chi connectivity index (χ2v) is 13.9. The Labute approximate surface area is 289 Å². The highest BCUT2D eigenvalue weighted by Gasteiger charge is 2.20. The van der Waals surface area contributed by atoms with E-state index in [-0.39, 0.29) is 40.8 Å². The van der Waals surface area contributed by atoms with Crippen LogP contribution in [0.4, 0.5) is 11.4 Å². The maximum Gasteiger partial charge on any atom is 0.326 e. The number of amides is 2. The summed E-state index contributed by atoms with van der Waals surface area (Å²) in [5, 5.41) is 21.0. The van der Waals surface area contributed by atoms with Gasteiger partial charge >= 0.3 is 5.97 Å². The molecule has 0 aliphatic carbocycles. The van der Waals surface area contributed by atoms with E-state index in [2.05, 4.69) is 21.3 Å². The third kappa shape index (κ3) is 11.4. The molecule has 4 rings (SSSR count). The number of unbranched alkanes of at least 4 members (excludes halogenated alkanes) is 1. The molecular formula is C34H34N4O10S2-2. The molecule has 0 fully saturated rings. The molecule has 2 amide bonds. The van der Waals surface area contributed by atoms with Crippen LogP contribution in [0.15, 0.2) is 107 Å². The third-order valence-electron chi connectivity index (χ3n) is 7.48. The van der Waals surface area contributed by atoms with Crippen LogP contribution in [0.1, 0.15) is 51.1 Å². The summed E-state index contributed by atoms with van der Waals surface area (Å²) in [6.07, 6.45) is 1.02. The molecule has 0 heterocycles. The van der Waals surface area contributed by atoms with Crippen LogP contribution in [0, 0.1) is 0 Å². The van der Waals surface area contributed by atoms with E-state index in [9.17, 15) is 45.4 Å². The lowest BCUT2D eigenvalue weighted by molar-refractivity contribution is -0.139. The molecular weight excluding hydrogens is 689 g/mol. The number of nitrogens with one attached hydrogen (secondary N) is 4. The zero-order valence-electron chi connectivity index (χ0n) is 26.5. The molecule has 14 nitrogen and oxygen atoms in total. The maximum absolute atomic E-state index is 12.7. The van der Waals surface area contributed by atoms with Crippen molar-refractivity contribution in [3.63, 3.8) is 0 Å². The van der Waals surface area contributed by atoms with Crippen LogP contribution >= 0.6 is 0 Å². The van der Waals surface area contributed by atoms with E-state index in [0.29, 0.717) is 36.3 Å². The zero-order chi connectivity index (χ0) is 36.3. The highest BCUT2D eigenvalue weighted by molar-refractivity contribution is 7.86. The van der Waals surface area contributed by atoms with Crippen molar-refractivity contribution in [1.29, 1.82) is 0 Å². The Bertz CT molecular complexity index is 2040. The highest BCUT2D eigenvalue weighted by Crippen LogP contribution is 2.18. The molecule has 0 spiro atoms. The van der Waals surface area contributed by atoms with E-state index >= 15 is 0 Å². The first kappa shape index (κ1) is 37.5. The van der Waals surface area contributed by atoms with Crippen LogP contribution in [0.3, 0.4) is 0 Å². The number of carboxylic acid groups (broad SMARTS) is 1. The van der Waals surface area contributed by atoms with Gasteiger partial charge in [-0.05, 0) is 91.1 Å². The van der Waals surface area contributed by atoms with Crippen LogP contribution in [0.2, 0.25) is 0 Å².